The fourth-order valence-electron chi connectivity index (χ4n) is 2.13. The molecule has 2 rings (SSSR count). The molecule has 0 saturated carbocycles. The Morgan fingerprint density at radius 2 is 2.19 bits per heavy atom. The number of benzene rings is 1. The minimum absolute atomic E-state index is 0.0537. The smallest absolute Gasteiger partial charge is 0.219 e. The monoisotopic (exact) mass is 218 g/mol. The second-order valence-corrected chi connectivity index (χ2v) is 4.51. The second-order valence-electron chi connectivity index (χ2n) is 4.51. The van der Waals surface area contributed by atoms with Gasteiger partial charge in [0.2, 0.25) is 5.91 Å². The van der Waals surface area contributed by atoms with Crippen LogP contribution in [0.3, 0.4) is 0 Å². The predicted octanol–water partition coefficient (Wildman–Crippen LogP) is 1.61. The number of hydrogen-bond donors (Lipinski definition) is 1. The van der Waals surface area contributed by atoms with Gasteiger partial charge in [-0.15, -0.1) is 0 Å². The van der Waals surface area contributed by atoms with Crippen LogP contribution in [0.25, 0.3) is 0 Å². The van der Waals surface area contributed by atoms with Gasteiger partial charge in [-0.1, -0.05) is 18.2 Å². The highest BCUT2D eigenvalue weighted by Gasteiger charge is 2.18. The molecule has 1 atom stereocenters. The molecular weight excluding hydrogens is 200 g/mol. The van der Waals surface area contributed by atoms with Gasteiger partial charge < -0.3 is 10.6 Å². The van der Waals surface area contributed by atoms with E-state index >= 15 is 0 Å². The topological polar surface area (TPSA) is 46.3 Å². The molecule has 0 fully saturated rings. The third-order valence-electron chi connectivity index (χ3n) is 3.21. The molecule has 16 heavy (non-hydrogen) atoms. The van der Waals surface area contributed by atoms with Gasteiger partial charge in [-0.3, -0.25) is 4.79 Å². The molecule has 1 heterocycles. The molecule has 0 aromatic heterocycles. The van der Waals surface area contributed by atoms with Gasteiger partial charge in [-0.05, 0) is 30.0 Å². The number of hydrogen-bond acceptors (Lipinski definition) is 2. The molecule has 1 unspecified atom stereocenters. The van der Waals surface area contributed by atoms with Crippen molar-refractivity contribution >= 4 is 5.91 Å². The first kappa shape index (κ1) is 11.1. The average Bonchev–Trinajstić information content (AvgIpc) is 2.27. The first-order chi connectivity index (χ1) is 7.58. The van der Waals surface area contributed by atoms with Crippen molar-refractivity contribution in [3.8, 4) is 0 Å². The molecular formula is C13H18N2O. The highest BCUT2D eigenvalue weighted by atomic mass is 16.2. The van der Waals surface area contributed by atoms with Crippen LogP contribution in [0, 0.1) is 0 Å². The van der Waals surface area contributed by atoms with Crippen molar-refractivity contribution in [3.05, 3.63) is 34.9 Å². The molecule has 1 amide bonds. The van der Waals surface area contributed by atoms with E-state index in [2.05, 4.69) is 18.2 Å². The number of nitrogens with two attached hydrogens (primary N) is 1. The Morgan fingerprint density at radius 3 is 2.81 bits per heavy atom. The summed E-state index contributed by atoms with van der Waals surface area (Å²) in [5, 5.41) is 0. The van der Waals surface area contributed by atoms with E-state index < -0.39 is 0 Å². The van der Waals surface area contributed by atoms with Crippen LogP contribution in [0.1, 0.15) is 36.6 Å². The average molecular weight is 218 g/mol. The number of rotatable bonds is 1. The Morgan fingerprint density at radius 1 is 1.44 bits per heavy atom. The molecule has 1 aliphatic heterocycles. The van der Waals surface area contributed by atoms with Gasteiger partial charge in [0.15, 0.2) is 0 Å². The minimum atomic E-state index is 0.0537. The second kappa shape index (κ2) is 4.26. The van der Waals surface area contributed by atoms with Crippen LogP contribution in [0.15, 0.2) is 18.2 Å². The van der Waals surface area contributed by atoms with Crippen LogP contribution < -0.4 is 5.73 Å². The lowest BCUT2D eigenvalue weighted by molar-refractivity contribution is -0.129. The Bertz CT molecular complexity index is 412. The van der Waals surface area contributed by atoms with Crippen molar-refractivity contribution in [2.45, 2.75) is 32.9 Å². The molecule has 86 valence electrons. The zero-order valence-corrected chi connectivity index (χ0v) is 9.86. The molecule has 1 aromatic rings. The highest BCUT2D eigenvalue weighted by Crippen LogP contribution is 2.22. The van der Waals surface area contributed by atoms with Gasteiger partial charge in [0.05, 0.1) is 0 Å². The van der Waals surface area contributed by atoms with Gasteiger partial charge in [0, 0.05) is 26.1 Å². The van der Waals surface area contributed by atoms with Gasteiger partial charge in [0.1, 0.15) is 0 Å². The number of nitrogens with zero attached hydrogens (tertiary/aromatic N) is 1. The Balaban J connectivity index is 2.28. The van der Waals surface area contributed by atoms with E-state index in [1.165, 1.54) is 11.1 Å². The summed E-state index contributed by atoms with van der Waals surface area (Å²) < 4.78 is 0. The largest absolute Gasteiger partial charge is 0.338 e. The summed E-state index contributed by atoms with van der Waals surface area (Å²) in [6.07, 6.45) is 0.953. The maximum atomic E-state index is 11.3. The van der Waals surface area contributed by atoms with Crippen LogP contribution in [-0.4, -0.2) is 17.4 Å². The van der Waals surface area contributed by atoms with Gasteiger partial charge in [0.25, 0.3) is 0 Å². The Labute approximate surface area is 96.2 Å². The number of carbonyl (C=O) groups excluding carboxylic acids is 1. The fraction of sp³-hybridized carbons (Fsp3) is 0.462. The minimum Gasteiger partial charge on any atom is -0.338 e. The van der Waals surface area contributed by atoms with E-state index in [4.69, 9.17) is 5.73 Å². The molecule has 1 aliphatic rings. The normalized spacial score (nSPS) is 16.8. The van der Waals surface area contributed by atoms with E-state index in [-0.39, 0.29) is 11.9 Å². The highest BCUT2D eigenvalue weighted by molar-refractivity contribution is 5.73. The first-order valence-corrected chi connectivity index (χ1v) is 5.70. The van der Waals surface area contributed by atoms with Crippen LogP contribution in [-0.2, 0) is 17.8 Å². The van der Waals surface area contributed by atoms with Gasteiger partial charge in [-0.25, -0.2) is 0 Å². The third-order valence-corrected chi connectivity index (χ3v) is 3.21. The number of fused-ring (bicyclic) bond motifs is 1. The third kappa shape index (κ3) is 2.09. The zero-order valence-electron chi connectivity index (χ0n) is 9.86. The van der Waals surface area contributed by atoms with Crippen molar-refractivity contribution in [1.29, 1.82) is 0 Å². The maximum Gasteiger partial charge on any atom is 0.219 e. The Hall–Kier alpha value is -1.35. The van der Waals surface area contributed by atoms with Crippen LogP contribution >= 0.6 is 0 Å². The summed E-state index contributed by atoms with van der Waals surface area (Å²) in [7, 11) is 0. The van der Waals surface area contributed by atoms with E-state index in [0.29, 0.717) is 0 Å². The number of amides is 1. The molecule has 0 aliphatic carbocycles. The van der Waals surface area contributed by atoms with Crippen molar-refractivity contribution < 1.29 is 4.79 Å². The van der Waals surface area contributed by atoms with Gasteiger partial charge in [-0.2, -0.15) is 0 Å². The summed E-state index contributed by atoms with van der Waals surface area (Å²) in [5.74, 6) is 0.150. The Kier molecular flexibility index (Phi) is 2.97. The summed E-state index contributed by atoms with van der Waals surface area (Å²) in [6, 6.07) is 6.42. The van der Waals surface area contributed by atoms with E-state index in [0.717, 1.165) is 25.1 Å². The van der Waals surface area contributed by atoms with Crippen molar-refractivity contribution in [2.24, 2.45) is 5.73 Å². The summed E-state index contributed by atoms with van der Waals surface area (Å²) in [4.78, 5) is 13.2. The van der Waals surface area contributed by atoms with E-state index in [9.17, 15) is 4.79 Å². The molecule has 3 heteroatoms. The predicted molar refractivity (Wildman–Crippen MR) is 63.8 cm³/mol. The zero-order chi connectivity index (χ0) is 11.7. The first-order valence-electron chi connectivity index (χ1n) is 5.70. The fourth-order valence-corrected chi connectivity index (χ4v) is 2.13. The van der Waals surface area contributed by atoms with Crippen molar-refractivity contribution in [3.63, 3.8) is 0 Å². The molecule has 0 spiro atoms. The molecule has 2 N–H and O–H groups in total. The summed E-state index contributed by atoms with van der Waals surface area (Å²) in [6.45, 7) is 5.17. The summed E-state index contributed by atoms with van der Waals surface area (Å²) in [5.41, 5.74) is 9.60. The summed E-state index contributed by atoms with van der Waals surface area (Å²) >= 11 is 0. The SMILES string of the molecule is CC(=O)N1CCc2ccc(C(C)N)cc2C1. The van der Waals surface area contributed by atoms with Crippen molar-refractivity contribution in [1.82, 2.24) is 4.90 Å². The lowest BCUT2D eigenvalue weighted by Gasteiger charge is -2.28. The number of carbonyl (C=O) groups is 1. The molecule has 0 bridgehead atoms. The lowest BCUT2D eigenvalue weighted by Crippen LogP contribution is -2.34. The van der Waals surface area contributed by atoms with E-state index in [1.807, 2.05) is 11.8 Å². The lowest BCUT2D eigenvalue weighted by atomic mass is 9.95. The standard InChI is InChI=1S/C13H18N2O/c1-9(14)12-4-3-11-5-6-15(10(2)16)8-13(11)7-12/h3-4,7,9H,5-6,8,14H2,1-2H3. The molecule has 3 nitrogen and oxygen atoms in total. The molecule has 0 saturated heterocycles. The van der Waals surface area contributed by atoms with Gasteiger partial charge >= 0.3 is 0 Å². The van der Waals surface area contributed by atoms with Crippen LogP contribution in [0.2, 0.25) is 0 Å². The molecule has 0 radical (unpaired) electrons. The quantitative estimate of drug-likeness (QED) is 0.778. The van der Waals surface area contributed by atoms with Crippen LogP contribution in [0.4, 0.5) is 0 Å². The van der Waals surface area contributed by atoms with Crippen molar-refractivity contribution in [2.75, 3.05) is 6.54 Å². The van der Waals surface area contributed by atoms with Crippen LogP contribution in [0.5, 0.6) is 0 Å². The van der Waals surface area contributed by atoms with E-state index in [1.54, 1.807) is 6.92 Å². The maximum absolute atomic E-state index is 11.3. The molecule has 1 aromatic carbocycles.